The van der Waals surface area contributed by atoms with Crippen LogP contribution in [0.2, 0.25) is 5.02 Å². The van der Waals surface area contributed by atoms with E-state index in [2.05, 4.69) is 9.71 Å². The molecule has 1 N–H and O–H groups in total. The number of nitrogens with zero attached hydrogens (tertiary/aromatic N) is 1. The van der Waals surface area contributed by atoms with Crippen molar-refractivity contribution in [3.63, 3.8) is 0 Å². The second kappa shape index (κ2) is 8.22. The zero-order valence-electron chi connectivity index (χ0n) is 15.5. The Bertz CT molecular complexity index is 1080. The fourth-order valence-corrected chi connectivity index (χ4v) is 3.85. The lowest BCUT2D eigenvalue weighted by atomic mass is 10.2. The minimum absolute atomic E-state index is 0.0164. The number of hydrogen-bond acceptors (Lipinski definition) is 6. The summed E-state index contributed by atoms with van der Waals surface area (Å²) >= 11 is 6.02. The van der Waals surface area contributed by atoms with Gasteiger partial charge in [-0.25, -0.2) is 18.1 Å². The Balaban J connectivity index is 1.76. The number of ether oxygens (including phenoxy) is 2. The van der Waals surface area contributed by atoms with Crippen molar-refractivity contribution in [3.05, 3.63) is 58.9 Å². The van der Waals surface area contributed by atoms with E-state index < -0.39 is 10.0 Å². The molecule has 0 aliphatic heterocycles. The molecule has 0 atom stereocenters. The highest BCUT2D eigenvalue weighted by Gasteiger charge is 2.18. The number of methoxy groups -OCH3 is 2. The van der Waals surface area contributed by atoms with Gasteiger partial charge >= 0.3 is 0 Å². The number of hydrogen-bond donors (Lipinski definition) is 1. The van der Waals surface area contributed by atoms with Crippen LogP contribution in [0.5, 0.6) is 11.5 Å². The summed E-state index contributed by atoms with van der Waals surface area (Å²) in [5.41, 5.74) is 1.26. The maximum Gasteiger partial charge on any atom is 0.240 e. The van der Waals surface area contributed by atoms with Gasteiger partial charge in [0.15, 0.2) is 0 Å². The zero-order valence-corrected chi connectivity index (χ0v) is 17.1. The smallest absolute Gasteiger partial charge is 0.240 e. The van der Waals surface area contributed by atoms with Crippen LogP contribution in [0.1, 0.15) is 11.5 Å². The number of oxazole rings is 1. The van der Waals surface area contributed by atoms with E-state index >= 15 is 0 Å². The number of nitrogens with one attached hydrogen (secondary N) is 1. The summed E-state index contributed by atoms with van der Waals surface area (Å²) < 4.78 is 43.4. The van der Waals surface area contributed by atoms with Gasteiger partial charge in [-0.1, -0.05) is 11.6 Å². The van der Waals surface area contributed by atoms with Gasteiger partial charge in [0.2, 0.25) is 15.9 Å². The minimum atomic E-state index is -3.78. The van der Waals surface area contributed by atoms with Gasteiger partial charge in [-0.2, -0.15) is 0 Å². The molecule has 1 aromatic heterocycles. The maximum atomic E-state index is 12.5. The molecular formula is C19H19ClN2O5S. The van der Waals surface area contributed by atoms with E-state index in [9.17, 15) is 8.42 Å². The Labute approximate surface area is 168 Å². The van der Waals surface area contributed by atoms with Gasteiger partial charge in [0.05, 0.1) is 36.4 Å². The average Bonchev–Trinajstić information content (AvgIpc) is 3.07. The minimum Gasteiger partial charge on any atom is -0.497 e. The third-order valence-corrected chi connectivity index (χ3v) is 5.79. The normalized spacial score (nSPS) is 11.4. The largest absolute Gasteiger partial charge is 0.497 e. The molecule has 0 spiro atoms. The summed E-state index contributed by atoms with van der Waals surface area (Å²) in [5.74, 6) is 2.05. The second-order valence-corrected chi connectivity index (χ2v) is 8.05. The molecular weight excluding hydrogens is 404 g/mol. The Kier molecular flexibility index (Phi) is 5.93. The predicted octanol–water partition coefficient (Wildman–Crippen LogP) is 3.80. The van der Waals surface area contributed by atoms with E-state index in [4.69, 9.17) is 25.5 Å². The van der Waals surface area contributed by atoms with E-state index in [-0.39, 0.29) is 16.5 Å². The molecule has 1 heterocycles. The summed E-state index contributed by atoms with van der Waals surface area (Å²) in [6, 6.07) is 11.5. The number of benzene rings is 2. The molecule has 0 bridgehead atoms. The van der Waals surface area contributed by atoms with Crippen LogP contribution in [0.3, 0.4) is 0 Å². The lowest BCUT2D eigenvalue weighted by Gasteiger charge is -2.08. The van der Waals surface area contributed by atoms with Crippen LogP contribution in [0.25, 0.3) is 11.5 Å². The van der Waals surface area contributed by atoms with Gasteiger partial charge in [0, 0.05) is 5.56 Å². The van der Waals surface area contributed by atoms with Crippen molar-refractivity contribution in [2.24, 2.45) is 0 Å². The van der Waals surface area contributed by atoms with Gasteiger partial charge in [-0.15, -0.1) is 0 Å². The van der Waals surface area contributed by atoms with Crippen LogP contribution < -0.4 is 14.2 Å². The molecule has 28 heavy (non-hydrogen) atoms. The molecule has 0 amide bonds. The lowest BCUT2D eigenvalue weighted by molar-refractivity contribution is 0.414. The van der Waals surface area contributed by atoms with Crippen molar-refractivity contribution in [3.8, 4) is 23.0 Å². The van der Waals surface area contributed by atoms with Crippen LogP contribution in [-0.2, 0) is 16.6 Å². The summed E-state index contributed by atoms with van der Waals surface area (Å²) in [6.45, 7) is 1.71. The summed E-state index contributed by atoms with van der Waals surface area (Å²) in [7, 11) is -0.728. The zero-order chi connectivity index (χ0) is 20.3. The molecule has 0 aliphatic rings. The third kappa shape index (κ3) is 4.30. The molecule has 0 unspecified atom stereocenters. The van der Waals surface area contributed by atoms with Gasteiger partial charge in [-0.3, -0.25) is 0 Å². The van der Waals surface area contributed by atoms with E-state index in [0.29, 0.717) is 23.1 Å². The Morgan fingerprint density at radius 1 is 1.11 bits per heavy atom. The fraction of sp³-hybridized carbons (Fsp3) is 0.211. The second-order valence-electron chi connectivity index (χ2n) is 5.87. The molecule has 3 rings (SSSR count). The topological polar surface area (TPSA) is 90.7 Å². The van der Waals surface area contributed by atoms with Gasteiger partial charge in [0.1, 0.15) is 17.3 Å². The van der Waals surface area contributed by atoms with Crippen LogP contribution in [0.4, 0.5) is 0 Å². The van der Waals surface area contributed by atoms with Crippen molar-refractivity contribution in [2.45, 2.75) is 18.4 Å². The molecule has 148 valence electrons. The average molecular weight is 423 g/mol. The van der Waals surface area contributed by atoms with Crippen molar-refractivity contribution < 1.29 is 22.3 Å². The van der Waals surface area contributed by atoms with E-state index in [1.165, 1.54) is 25.3 Å². The SMILES string of the molecule is COc1ccc(-c2nc(CNS(=O)(=O)c3ccc(OC)c(Cl)c3)c(C)o2)cc1. The van der Waals surface area contributed by atoms with Crippen LogP contribution in [0, 0.1) is 6.92 Å². The van der Waals surface area contributed by atoms with Crippen LogP contribution >= 0.6 is 11.6 Å². The highest BCUT2D eigenvalue weighted by Crippen LogP contribution is 2.27. The van der Waals surface area contributed by atoms with E-state index in [1.54, 1.807) is 26.2 Å². The predicted molar refractivity (Wildman–Crippen MR) is 105 cm³/mol. The van der Waals surface area contributed by atoms with E-state index in [1.807, 2.05) is 12.1 Å². The Morgan fingerprint density at radius 3 is 2.43 bits per heavy atom. The summed E-state index contributed by atoms with van der Waals surface area (Å²) in [6.07, 6.45) is 0. The van der Waals surface area contributed by atoms with Crippen molar-refractivity contribution in [1.82, 2.24) is 9.71 Å². The summed E-state index contributed by atoms with van der Waals surface area (Å²) in [5, 5.41) is 0.213. The number of rotatable bonds is 7. The van der Waals surface area contributed by atoms with Gasteiger partial charge < -0.3 is 13.9 Å². The molecule has 0 saturated heterocycles. The number of aryl methyl sites for hydroxylation is 1. The first-order valence-electron chi connectivity index (χ1n) is 8.28. The molecule has 0 radical (unpaired) electrons. The molecule has 0 fully saturated rings. The molecule has 9 heteroatoms. The first-order valence-corrected chi connectivity index (χ1v) is 10.1. The number of halogens is 1. The standard InChI is InChI=1S/C19H19ClN2O5S/c1-12-17(22-19(27-12)13-4-6-14(25-2)7-5-13)11-21-28(23,24)15-8-9-18(26-3)16(20)10-15/h4-10,21H,11H2,1-3H3. The highest BCUT2D eigenvalue weighted by molar-refractivity contribution is 7.89. The quantitative estimate of drug-likeness (QED) is 0.622. The highest BCUT2D eigenvalue weighted by atomic mass is 35.5. The Morgan fingerprint density at radius 2 is 1.82 bits per heavy atom. The first-order chi connectivity index (χ1) is 13.3. The number of aromatic nitrogens is 1. The van der Waals surface area contributed by atoms with Crippen molar-refractivity contribution in [2.75, 3.05) is 14.2 Å². The summed E-state index contributed by atoms with van der Waals surface area (Å²) in [4.78, 5) is 4.43. The molecule has 3 aromatic rings. The maximum absolute atomic E-state index is 12.5. The third-order valence-electron chi connectivity index (χ3n) is 4.09. The van der Waals surface area contributed by atoms with E-state index in [0.717, 1.165) is 11.3 Å². The number of sulfonamides is 1. The molecule has 7 nitrogen and oxygen atoms in total. The Hall–Kier alpha value is -2.55. The van der Waals surface area contributed by atoms with Crippen LogP contribution in [-0.4, -0.2) is 27.6 Å². The molecule has 2 aromatic carbocycles. The van der Waals surface area contributed by atoms with Gasteiger partial charge in [-0.05, 0) is 49.4 Å². The van der Waals surface area contributed by atoms with Crippen molar-refractivity contribution in [1.29, 1.82) is 0 Å². The van der Waals surface area contributed by atoms with Crippen molar-refractivity contribution >= 4 is 21.6 Å². The monoisotopic (exact) mass is 422 g/mol. The fourth-order valence-electron chi connectivity index (χ4n) is 2.51. The first kappa shape index (κ1) is 20.2. The molecule has 0 saturated carbocycles. The van der Waals surface area contributed by atoms with Crippen LogP contribution in [0.15, 0.2) is 51.8 Å². The lowest BCUT2D eigenvalue weighted by Crippen LogP contribution is -2.23. The van der Waals surface area contributed by atoms with Gasteiger partial charge in [0.25, 0.3) is 0 Å². The molecule has 0 aliphatic carbocycles.